The minimum Gasteiger partial charge on any atom is -0.443 e. The molecule has 0 aromatic heterocycles. The molecule has 0 radical (unpaired) electrons. The van der Waals surface area contributed by atoms with E-state index in [1.165, 1.54) is 16.7 Å². The minimum absolute atomic E-state index is 0.194. The van der Waals surface area contributed by atoms with Crippen molar-refractivity contribution in [1.82, 2.24) is 4.90 Å². The minimum atomic E-state index is -1.24. The highest BCUT2D eigenvalue weighted by molar-refractivity contribution is 8.14. The highest BCUT2D eigenvalue weighted by Crippen LogP contribution is 2.52. The van der Waals surface area contributed by atoms with Crippen LogP contribution in [0.5, 0.6) is 0 Å². The fraction of sp³-hybridized carbons (Fsp3) is 0.636. The van der Waals surface area contributed by atoms with Gasteiger partial charge in [0.2, 0.25) is 0 Å². The first kappa shape index (κ1) is 23.5. The van der Waals surface area contributed by atoms with Crippen molar-refractivity contribution in [3.63, 3.8) is 0 Å². The second kappa shape index (κ2) is 8.92. The molecule has 6 atom stereocenters. The lowest BCUT2D eigenvalue weighted by molar-refractivity contribution is -0.178. The van der Waals surface area contributed by atoms with Gasteiger partial charge in [0.15, 0.2) is 5.17 Å². The number of carbonyl (C=O) groups excluding carboxylic acids is 1. The number of aliphatic imine (C=N–C) groups is 1. The van der Waals surface area contributed by atoms with Gasteiger partial charge >= 0.3 is 6.09 Å². The van der Waals surface area contributed by atoms with Gasteiger partial charge in [0, 0.05) is 6.42 Å². The molecule has 2 fully saturated rings. The number of aliphatic hydroxyl groups excluding tert-OH is 3. The van der Waals surface area contributed by atoms with Crippen molar-refractivity contribution in [3.8, 4) is 0 Å². The number of hydrogen-bond donors (Lipinski definition) is 3. The van der Waals surface area contributed by atoms with Crippen LogP contribution in [0.4, 0.5) is 4.79 Å². The van der Waals surface area contributed by atoms with Crippen LogP contribution >= 0.6 is 11.8 Å². The highest BCUT2D eigenvalue weighted by Gasteiger charge is 2.68. The van der Waals surface area contributed by atoms with Gasteiger partial charge in [-0.05, 0) is 26.3 Å². The first-order valence-corrected chi connectivity index (χ1v) is 11.6. The van der Waals surface area contributed by atoms with E-state index in [1.807, 2.05) is 30.3 Å². The van der Waals surface area contributed by atoms with E-state index in [-0.39, 0.29) is 19.6 Å². The maximum Gasteiger partial charge on any atom is 0.416 e. The van der Waals surface area contributed by atoms with E-state index in [1.54, 1.807) is 20.8 Å². The number of hydrogen-bond acceptors (Lipinski definition) is 9. The largest absolute Gasteiger partial charge is 0.443 e. The first-order valence-electron chi connectivity index (χ1n) is 10.7. The van der Waals surface area contributed by atoms with Crippen LogP contribution < -0.4 is 0 Å². The first-order chi connectivity index (χ1) is 15.1. The smallest absolute Gasteiger partial charge is 0.416 e. The molecular weight excluding hydrogens is 436 g/mol. The molecule has 1 saturated carbocycles. The summed E-state index contributed by atoms with van der Waals surface area (Å²) < 4.78 is 17.2. The van der Waals surface area contributed by atoms with Crippen molar-refractivity contribution >= 4 is 23.0 Å². The average molecular weight is 467 g/mol. The van der Waals surface area contributed by atoms with Crippen LogP contribution in [0.1, 0.15) is 32.8 Å². The normalized spacial score (nSPS) is 33.6. The Hall–Kier alpha value is -1.69. The summed E-state index contributed by atoms with van der Waals surface area (Å²) in [4.78, 5) is 18.8. The lowest BCUT2D eigenvalue weighted by Crippen LogP contribution is -2.57. The van der Waals surface area contributed by atoms with Crippen molar-refractivity contribution in [3.05, 3.63) is 35.9 Å². The molecule has 176 valence electrons. The van der Waals surface area contributed by atoms with Gasteiger partial charge in [-0.3, -0.25) is 9.89 Å². The molecule has 1 aromatic rings. The van der Waals surface area contributed by atoms with Crippen molar-refractivity contribution in [1.29, 1.82) is 0 Å². The van der Waals surface area contributed by atoms with E-state index in [2.05, 4.69) is 4.99 Å². The highest BCUT2D eigenvalue weighted by atomic mass is 32.2. The molecule has 1 aliphatic carbocycles. The van der Waals surface area contributed by atoms with E-state index >= 15 is 0 Å². The molecule has 9 nitrogen and oxygen atoms in total. The van der Waals surface area contributed by atoms with E-state index < -0.39 is 47.1 Å². The standard InChI is InChI=1S/C22H30N2O7S/c1-21(2,3)31-20(28)24(9-10-29-12-13-7-5-4-6-8-13)19-23-15-16(26)17(27)22(11-14(22)25)30-18(15)32-19/h4-8,14-18,25-27H,9-12H2,1-3H3/t14?,15-,16-,17+,18-,22?/m1/s1. The Bertz CT molecular complexity index is 862. The van der Waals surface area contributed by atoms with Gasteiger partial charge in [-0.2, -0.15) is 0 Å². The number of fused-ring (bicyclic) bond motifs is 1. The van der Waals surface area contributed by atoms with Crippen molar-refractivity contribution in [2.75, 3.05) is 13.2 Å². The SMILES string of the molecule is CC(C)(C)OC(=O)N(CCOCc1ccccc1)C1=N[C@@H]2[C@@H](O)[C@H](O)C3(CC3O)O[C@@H]2S1. The molecule has 2 unspecified atom stereocenters. The molecule has 10 heteroatoms. The van der Waals surface area contributed by atoms with Crippen molar-refractivity contribution < 1.29 is 34.3 Å². The van der Waals surface area contributed by atoms with Crippen LogP contribution in [0, 0.1) is 0 Å². The topological polar surface area (TPSA) is 121 Å². The Kier molecular flexibility index (Phi) is 6.54. The van der Waals surface area contributed by atoms with Crippen LogP contribution in [-0.2, 0) is 20.8 Å². The Morgan fingerprint density at radius 2 is 1.97 bits per heavy atom. The fourth-order valence-electron chi connectivity index (χ4n) is 3.81. The lowest BCUT2D eigenvalue weighted by Gasteiger charge is -2.38. The maximum atomic E-state index is 12.9. The molecule has 0 bridgehead atoms. The summed E-state index contributed by atoms with van der Waals surface area (Å²) in [5, 5.41) is 31.3. The second-order valence-corrected chi connectivity index (χ2v) is 10.4. The van der Waals surface area contributed by atoms with Crippen LogP contribution in [0.2, 0.25) is 0 Å². The van der Waals surface area contributed by atoms with Gasteiger partial charge in [-0.1, -0.05) is 42.1 Å². The maximum absolute atomic E-state index is 12.9. The second-order valence-electron chi connectivity index (χ2n) is 9.29. The van der Waals surface area contributed by atoms with E-state index in [0.29, 0.717) is 11.8 Å². The molecule has 1 amide bonds. The number of aliphatic hydroxyl groups is 3. The Morgan fingerprint density at radius 3 is 2.59 bits per heavy atom. The van der Waals surface area contributed by atoms with Crippen LogP contribution in [0.25, 0.3) is 0 Å². The van der Waals surface area contributed by atoms with Gasteiger partial charge in [-0.25, -0.2) is 4.79 Å². The third kappa shape index (κ3) is 4.80. The van der Waals surface area contributed by atoms with Crippen molar-refractivity contribution in [2.24, 2.45) is 4.99 Å². The average Bonchev–Trinajstić information content (AvgIpc) is 3.17. The van der Waals surface area contributed by atoms with Crippen LogP contribution in [0.15, 0.2) is 35.3 Å². The predicted octanol–water partition coefficient (Wildman–Crippen LogP) is 1.49. The summed E-state index contributed by atoms with van der Waals surface area (Å²) >= 11 is 1.18. The summed E-state index contributed by atoms with van der Waals surface area (Å²) in [6, 6.07) is 8.96. The summed E-state index contributed by atoms with van der Waals surface area (Å²) in [5.41, 5.74) is -1.45. The zero-order chi connectivity index (χ0) is 23.1. The number of benzene rings is 1. The molecule has 2 heterocycles. The zero-order valence-corrected chi connectivity index (χ0v) is 19.2. The van der Waals surface area contributed by atoms with Gasteiger partial charge in [-0.15, -0.1) is 0 Å². The summed E-state index contributed by atoms with van der Waals surface area (Å²) in [5.74, 6) is 0. The van der Waals surface area contributed by atoms with Gasteiger partial charge in [0.05, 0.1) is 25.9 Å². The number of thioether (sulfide) groups is 1. The number of rotatable bonds is 5. The molecule has 32 heavy (non-hydrogen) atoms. The molecule has 4 rings (SSSR count). The van der Waals surface area contributed by atoms with E-state index in [4.69, 9.17) is 14.2 Å². The van der Waals surface area contributed by atoms with Crippen molar-refractivity contribution in [2.45, 2.75) is 74.8 Å². The number of nitrogens with zero attached hydrogens (tertiary/aromatic N) is 2. The third-order valence-electron chi connectivity index (χ3n) is 5.60. The Labute approximate surface area is 191 Å². The Balaban J connectivity index is 1.44. The molecule has 3 N–H and O–H groups in total. The quantitative estimate of drug-likeness (QED) is 0.558. The van der Waals surface area contributed by atoms with Crippen LogP contribution in [-0.4, -0.2) is 85.6 Å². The van der Waals surface area contributed by atoms with Crippen LogP contribution in [0.3, 0.4) is 0 Å². The molecular formula is C22H30N2O7S. The summed E-state index contributed by atoms with van der Waals surface area (Å²) in [7, 11) is 0. The third-order valence-corrected chi connectivity index (χ3v) is 6.75. The fourth-order valence-corrected chi connectivity index (χ4v) is 5.08. The molecule has 1 saturated heterocycles. The molecule has 1 spiro atoms. The Morgan fingerprint density at radius 1 is 1.28 bits per heavy atom. The summed E-state index contributed by atoms with van der Waals surface area (Å²) in [6.07, 6.45) is -3.60. The van der Waals surface area contributed by atoms with E-state index in [0.717, 1.165) is 5.56 Å². The van der Waals surface area contributed by atoms with Gasteiger partial charge in [0.25, 0.3) is 0 Å². The molecule has 1 aromatic carbocycles. The monoisotopic (exact) mass is 466 g/mol. The number of amides is 1. The van der Waals surface area contributed by atoms with Gasteiger partial charge in [0.1, 0.15) is 34.9 Å². The number of amidine groups is 1. The summed E-state index contributed by atoms with van der Waals surface area (Å²) in [6.45, 7) is 6.18. The van der Waals surface area contributed by atoms with E-state index in [9.17, 15) is 20.1 Å². The zero-order valence-electron chi connectivity index (χ0n) is 18.4. The molecule has 2 aliphatic heterocycles. The van der Waals surface area contributed by atoms with Gasteiger partial charge < -0.3 is 29.5 Å². The molecule has 3 aliphatic rings. The number of ether oxygens (including phenoxy) is 3. The predicted molar refractivity (Wildman–Crippen MR) is 118 cm³/mol. The number of carbonyl (C=O) groups is 1. The lowest BCUT2D eigenvalue weighted by atomic mass is 9.96.